The highest BCUT2D eigenvalue weighted by Crippen LogP contribution is 2.26. The largest absolute Gasteiger partial charge is 0.277 e. The Balaban J connectivity index is 2.43. The Morgan fingerprint density at radius 3 is 2.55 bits per heavy atom. The SMILES string of the molecule is O=S(=O)(Nc1ccc(Br)cc1F)c1cc(Br)cnc1Cl. The monoisotopic (exact) mass is 442 g/mol. The van der Waals surface area contributed by atoms with Crippen molar-refractivity contribution in [2.24, 2.45) is 0 Å². The van der Waals surface area contributed by atoms with Crippen LogP contribution in [0.1, 0.15) is 0 Å². The zero-order chi connectivity index (χ0) is 14.9. The molecule has 0 fully saturated rings. The van der Waals surface area contributed by atoms with Gasteiger partial charge in [0.05, 0.1) is 5.69 Å². The first-order valence-electron chi connectivity index (χ1n) is 5.08. The molecule has 4 nitrogen and oxygen atoms in total. The van der Waals surface area contributed by atoms with Crippen LogP contribution in [0.3, 0.4) is 0 Å². The van der Waals surface area contributed by atoms with Crippen molar-refractivity contribution in [2.45, 2.75) is 4.90 Å². The minimum absolute atomic E-state index is 0.177. The normalized spacial score (nSPS) is 11.4. The van der Waals surface area contributed by atoms with Gasteiger partial charge in [0.2, 0.25) is 0 Å². The Kier molecular flexibility index (Phi) is 4.68. The molecule has 0 bridgehead atoms. The quantitative estimate of drug-likeness (QED) is 0.722. The molecule has 9 heteroatoms. The molecule has 106 valence electrons. The van der Waals surface area contributed by atoms with Crippen molar-refractivity contribution in [3.8, 4) is 0 Å². The van der Waals surface area contributed by atoms with Gasteiger partial charge in [-0.15, -0.1) is 0 Å². The number of hydrogen-bond donors (Lipinski definition) is 1. The van der Waals surface area contributed by atoms with E-state index in [9.17, 15) is 12.8 Å². The lowest BCUT2D eigenvalue weighted by Crippen LogP contribution is -2.15. The van der Waals surface area contributed by atoms with Crippen LogP contribution in [-0.4, -0.2) is 13.4 Å². The van der Waals surface area contributed by atoms with Crippen molar-refractivity contribution in [3.05, 3.63) is 50.4 Å². The van der Waals surface area contributed by atoms with Crippen molar-refractivity contribution in [3.63, 3.8) is 0 Å². The molecule has 2 rings (SSSR count). The first-order chi connectivity index (χ1) is 9.29. The zero-order valence-electron chi connectivity index (χ0n) is 9.57. The summed E-state index contributed by atoms with van der Waals surface area (Å²) < 4.78 is 41.1. The van der Waals surface area contributed by atoms with Gasteiger partial charge in [0.25, 0.3) is 10.0 Å². The zero-order valence-corrected chi connectivity index (χ0v) is 14.3. The number of sulfonamides is 1. The maximum Gasteiger partial charge on any atom is 0.265 e. The lowest BCUT2D eigenvalue weighted by Gasteiger charge is -2.10. The summed E-state index contributed by atoms with van der Waals surface area (Å²) in [5.41, 5.74) is -0.177. The number of rotatable bonds is 3. The number of nitrogens with zero attached hydrogens (tertiary/aromatic N) is 1. The Labute approximate surface area is 136 Å². The summed E-state index contributed by atoms with van der Waals surface area (Å²) in [5, 5.41) is -0.196. The van der Waals surface area contributed by atoms with Crippen LogP contribution in [0.25, 0.3) is 0 Å². The van der Waals surface area contributed by atoms with E-state index in [2.05, 4.69) is 41.6 Å². The van der Waals surface area contributed by atoms with Gasteiger partial charge in [0, 0.05) is 15.1 Å². The standard InChI is InChI=1S/C11H6Br2ClFN2O2S/c12-6-1-2-9(8(15)3-6)17-20(18,19)10-4-7(13)5-16-11(10)14/h1-5,17H. The minimum Gasteiger partial charge on any atom is -0.277 e. The van der Waals surface area contributed by atoms with Crippen molar-refractivity contribution >= 4 is 59.2 Å². The Morgan fingerprint density at radius 1 is 1.20 bits per heavy atom. The van der Waals surface area contributed by atoms with Crippen LogP contribution < -0.4 is 4.72 Å². The van der Waals surface area contributed by atoms with Crippen LogP contribution in [0.5, 0.6) is 0 Å². The third-order valence-corrected chi connectivity index (χ3v) is 4.96. The molecule has 0 aliphatic carbocycles. The van der Waals surface area contributed by atoms with Gasteiger partial charge in [-0.25, -0.2) is 17.8 Å². The molecule has 1 aromatic carbocycles. The summed E-state index contributed by atoms with van der Waals surface area (Å²) in [6.07, 6.45) is 1.36. The molecule has 0 unspecified atom stereocenters. The average Bonchev–Trinajstić information content (AvgIpc) is 2.35. The Morgan fingerprint density at radius 2 is 1.90 bits per heavy atom. The van der Waals surface area contributed by atoms with Crippen LogP contribution in [0.4, 0.5) is 10.1 Å². The molecule has 0 radical (unpaired) electrons. The van der Waals surface area contributed by atoms with E-state index in [0.717, 1.165) is 6.07 Å². The predicted molar refractivity (Wildman–Crippen MR) is 81.9 cm³/mol. The van der Waals surface area contributed by atoms with E-state index in [1.807, 2.05) is 0 Å². The molecule has 0 atom stereocenters. The van der Waals surface area contributed by atoms with Gasteiger partial charge in [-0.1, -0.05) is 27.5 Å². The van der Waals surface area contributed by atoms with Gasteiger partial charge in [-0.05, 0) is 40.2 Å². The molecule has 20 heavy (non-hydrogen) atoms. The van der Waals surface area contributed by atoms with Gasteiger partial charge in [0.15, 0.2) is 0 Å². The fourth-order valence-electron chi connectivity index (χ4n) is 1.36. The summed E-state index contributed by atoms with van der Waals surface area (Å²) in [4.78, 5) is 3.48. The molecular formula is C11H6Br2ClFN2O2S. The number of halogens is 4. The minimum atomic E-state index is -4.03. The fourth-order valence-corrected chi connectivity index (χ4v) is 3.71. The van der Waals surface area contributed by atoms with Crippen LogP contribution in [-0.2, 0) is 10.0 Å². The average molecular weight is 445 g/mol. The van der Waals surface area contributed by atoms with Gasteiger partial charge < -0.3 is 0 Å². The highest BCUT2D eigenvalue weighted by Gasteiger charge is 2.21. The van der Waals surface area contributed by atoms with Gasteiger partial charge in [0.1, 0.15) is 15.9 Å². The van der Waals surface area contributed by atoms with E-state index in [4.69, 9.17) is 11.6 Å². The third-order valence-electron chi connectivity index (χ3n) is 2.24. The molecule has 0 saturated heterocycles. The number of nitrogens with one attached hydrogen (secondary N) is 1. The van der Waals surface area contributed by atoms with E-state index in [1.165, 1.54) is 24.4 Å². The molecule has 0 aliphatic rings. The van der Waals surface area contributed by atoms with Gasteiger partial charge in [-0.3, -0.25) is 4.72 Å². The molecular weight excluding hydrogens is 438 g/mol. The summed E-state index contributed by atoms with van der Waals surface area (Å²) in [6, 6.07) is 5.25. The third kappa shape index (κ3) is 3.49. The van der Waals surface area contributed by atoms with Crippen molar-refractivity contribution in [1.82, 2.24) is 4.98 Å². The van der Waals surface area contributed by atoms with Gasteiger partial charge >= 0.3 is 0 Å². The maximum atomic E-state index is 13.7. The molecule has 0 aliphatic heterocycles. The van der Waals surface area contributed by atoms with E-state index < -0.39 is 15.8 Å². The van der Waals surface area contributed by atoms with E-state index in [0.29, 0.717) is 8.95 Å². The summed E-state index contributed by atoms with van der Waals surface area (Å²) >= 11 is 12.0. The summed E-state index contributed by atoms with van der Waals surface area (Å²) in [7, 11) is -4.03. The second kappa shape index (κ2) is 5.97. The van der Waals surface area contributed by atoms with Crippen molar-refractivity contribution in [1.29, 1.82) is 0 Å². The number of anilines is 1. The van der Waals surface area contributed by atoms with E-state index in [1.54, 1.807) is 0 Å². The van der Waals surface area contributed by atoms with Crippen LogP contribution >= 0.6 is 43.5 Å². The number of hydrogen-bond acceptors (Lipinski definition) is 3. The highest BCUT2D eigenvalue weighted by molar-refractivity contribution is 9.10. The highest BCUT2D eigenvalue weighted by atomic mass is 79.9. The van der Waals surface area contributed by atoms with Gasteiger partial charge in [-0.2, -0.15) is 0 Å². The predicted octanol–water partition coefficient (Wildman–Crippen LogP) is 4.20. The number of pyridine rings is 1. The molecule has 1 heterocycles. The van der Waals surface area contributed by atoms with E-state index >= 15 is 0 Å². The lowest BCUT2D eigenvalue weighted by molar-refractivity contribution is 0.598. The molecule has 2 aromatic rings. The Hall–Kier alpha value is -0.700. The molecule has 0 saturated carbocycles. The Bertz CT molecular complexity index is 771. The first-order valence-corrected chi connectivity index (χ1v) is 8.53. The topological polar surface area (TPSA) is 59.1 Å². The molecule has 0 spiro atoms. The second-order valence-electron chi connectivity index (χ2n) is 3.67. The lowest BCUT2D eigenvalue weighted by atomic mass is 10.3. The summed E-state index contributed by atoms with van der Waals surface area (Å²) in [5.74, 6) is -0.706. The molecule has 1 aromatic heterocycles. The van der Waals surface area contributed by atoms with Crippen molar-refractivity contribution < 1.29 is 12.8 Å². The first kappa shape index (κ1) is 15.7. The van der Waals surface area contributed by atoms with Crippen LogP contribution in [0.15, 0.2) is 44.3 Å². The number of benzene rings is 1. The summed E-state index contributed by atoms with van der Waals surface area (Å²) in [6.45, 7) is 0. The van der Waals surface area contributed by atoms with Crippen molar-refractivity contribution in [2.75, 3.05) is 4.72 Å². The van der Waals surface area contributed by atoms with Crippen LogP contribution in [0.2, 0.25) is 5.15 Å². The smallest absolute Gasteiger partial charge is 0.265 e. The second-order valence-corrected chi connectivity index (χ2v) is 7.51. The van der Waals surface area contributed by atoms with E-state index in [-0.39, 0.29) is 15.7 Å². The molecule has 1 N–H and O–H groups in total. The fraction of sp³-hybridized carbons (Fsp3) is 0. The number of aromatic nitrogens is 1. The molecule has 0 amide bonds. The maximum absolute atomic E-state index is 13.7. The van der Waals surface area contributed by atoms with Crippen LogP contribution in [0, 0.1) is 5.82 Å².